The van der Waals surface area contributed by atoms with Crippen molar-refractivity contribution < 1.29 is 29.9 Å². The molecule has 0 amide bonds. The van der Waals surface area contributed by atoms with Gasteiger partial charge in [-0.25, -0.2) is 0 Å². The van der Waals surface area contributed by atoms with Crippen LogP contribution in [0, 0.1) is 0 Å². The standard InChI is InChI=1S/C15H30O6/c1-2-3-4-5-6-7-8-9-20-15-14(19)13(18)12(17)11(10-16)21-15/h11-19H,2-10H2,1H3/t11-,12+,13+,14-,15+/m1/s1. The van der Waals surface area contributed by atoms with Crippen molar-refractivity contribution in [2.45, 2.75) is 82.6 Å². The molecule has 1 fully saturated rings. The third kappa shape index (κ3) is 6.18. The molecule has 0 radical (unpaired) electrons. The highest BCUT2D eigenvalue weighted by molar-refractivity contribution is 4.88. The van der Waals surface area contributed by atoms with Crippen molar-refractivity contribution in [1.82, 2.24) is 0 Å². The van der Waals surface area contributed by atoms with Gasteiger partial charge in [-0.05, 0) is 6.42 Å². The first-order valence-electron chi connectivity index (χ1n) is 8.04. The largest absolute Gasteiger partial charge is 0.394 e. The van der Waals surface area contributed by atoms with E-state index in [0.717, 1.165) is 19.3 Å². The van der Waals surface area contributed by atoms with Crippen LogP contribution in [0.25, 0.3) is 0 Å². The minimum absolute atomic E-state index is 0.427. The molecule has 0 bridgehead atoms. The molecule has 6 nitrogen and oxygen atoms in total. The fraction of sp³-hybridized carbons (Fsp3) is 1.00. The molecule has 21 heavy (non-hydrogen) atoms. The summed E-state index contributed by atoms with van der Waals surface area (Å²) in [6, 6.07) is 0. The highest BCUT2D eigenvalue weighted by atomic mass is 16.7. The number of aliphatic hydroxyl groups is 4. The summed E-state index contributed by atoms with van der Waals surface area (Å²) in [5.74, 6) is 0. The van der Waals surface area contributed by atoms with Crippen LogP contribution in [0.4, 0.5) is 0 Å². The van der Waals surface area contributed by atoms with E-state index in [-0.39, 0.29) is 0 Å². The van der Waals surface area contributed by atoms with Crippen LogP contribution in [0.5, 0.6) is 0 Å². The number of hydrogen-bond acceptors (Lipinski definition) is 6. The lowest BCUT2D eigenvalue weighted by Crippen LogP contribution is -2.59. The summed E-state index contributed by atoms with van der Waals surface area (Å²) in [7, 11) is 0. The smallest absolute Gasteiger partial charge is 0.186 e. The number of unbranched alkanes of at least 4 members (excludes halogenated alkanes) is 6. The molecule has 0 saturated carbocycles. The predicted octanol–water partition coefficient (Wildman–Crippen LogP) is 0.553. The van der Waals surface area contributed by atoms with Gasteiger partial charge in [-0.3, -0.25) is 0 Å². The molecule has 126 valence electrons. The van der Waals surface area contributed by atoms with Crippen molar-refractivity contribution >= 4 is 0 Å². The molecular formula is C15H30O6. The van der Waals surface area contributed by atoms with Crippen LogP contribution in [0.2, 0.25) is 0 Å². The fourth-order valence-electron chi connectivity index (χ4n) is 2.46. The third-order valence-electron chi connectivity index (χ3n) is 3.88. The van der Waals surface area contributed by atoms with Crippen LogP contribution in [0.15, 0.2) is 0 Å². The molecule has 1 aliphatic rings. The maximum atomic E-state index is 9.78. The zero-order chi connectivity index (χ0) is 15.7. The molecule has 0 aromatic carbocycles. The Hall–Kier alpha value is -0.240. The average Bonchev–Trinajstić information content (AvgIpc) is 2.49. The SMILES string of the molecule is CCCCCCCCCO[C@H]1O[C@H](CO)[C@H](O)[C@H](O)[C@H]1O. The van der Waals surface area contributed by atoms with Crippen molar-refractivity contribution in [2.75, 3.05) is 13.2 Å². The maximum absolute atomic E-state index is 9.78. The van der Waals surface area contributed by atoms with E-state index in [1.165, 1.54) is 25.7 Å². The van der Waals surface area contributed by atoms with E-state index in [0.29, 0.717) is 6.61 Å². The average molecular weight is 306 g/mol. The predicted molar refractivity (Wildman–Crippen MR) is 77.7 cm³/mol. The lowest BCUT2D eigenvalue weighted by atomic mass is 9.99. The molecule has 1 rings (SSSR count). The van der Waals surface area contributed by atoms with Crippen molar-refractivity contribution in [1.29, 1.82) is 0 Å². The van der Waals surface area contributed by atoms with Crippen molar-refractivity contribution in [3.8, 4) is 0 Å². The van der Waals surface area contributed by atoms with Gasteiger partial charge in [0.2, 0.25) is 0 Å². The lowest BCUT2D eigenvalue weighted by molar-refractivity contribution is -0.301. The molecule has 1 aliphatic heterocycles. The van der Waals surface area contributed by atoms with Gasteiger partial charge < -0.3 is 29.9 Å². The maximum Gasteiger partial charge on any atom is 0.186 e. The van der Waals surface area contributed by atoms with Crippen LogP contribution in [0.1, 0.15) is 51.9 Å². The summed E-state index contributed by atoms with van der Waals surface area (Å²) < 4.78 is 10.7. The number of aliphatic hydroxyl groups excluding tert-OH is 4. The Morgan fingerprint density at radius 1 is 0.857 bits per heavy atom. The second-order valence-corrected chi connectivity index (χ2v) is 5.69. The van der Waals surface area contributed by atoms with Gasteiger partial charge >= 0.3 is 0 Å². The van der Waals surface area contributed by atoms with E-state index in [2.05, 4.69) is 6.92 Å². The minimum atomic E-state index is -1.37. The van der Waals surface area contributed by atoms with Gasteiger partial charge in [0.25, 0.3) is 0 Å². The molecule has 0 aromatic heterocycles. The highest BCUT2D eigenvalue weighted by Crippen LogP contribution is 2.22. The number of hydrogen-bond donors (Lipinski definition) is 4. The number of ether oxygens (including phenoxy) is 2. The Kier molecular flexibility index (Phi) is 9.39. The Morgan fingerprint density at radius 2 is 1.48 bits per heavy atom. The van der Waals surface area contributed by atoms with E-state index in [1.807, 2.05) is 0 Å². The monoisotopic (exact) mass is 306 g/mol. The third-order valence-corrected chi connectivity index (χ3v) is 3.88. The van der Waals surface area contributed by atoms with E-state index < -0.39 is 37.3 Å². The van der Waals surface area contributed by atoms with Crippen molar-refractivity contribution in [3.05, 3.63) is 0 Å². The van der Waals surface area contributed by atoms with Gasteiger partial charge in [0.15, 0.2) is 6.29 Å². The van der Waals surface area contributed by atoms with Gasteiger partial charge in [0.05, 0.1) is 6.61 Å². The zero-order valence-corrected chi connectivity index (χ0v) is 12.9. The summed E-state index contributed by atoms with van der Waals surface area (Å²) in [5, 5.41) is 38.1. The summed E-state index contributed by atoms with van der Waals surface area (Å²) in [6.45, 7) is 2.19. The van der Waals surface area contributed by atoms with Crippen LogP contribution in [-0.2, 0) is 9.47 Å². The van der Waals surface area contributed by atoms with E-state index in [9.17, 15) is 15.3 Å². The Morgan fingerprint density at radius 3 is 2.10 bits per heavy atom. The summed E-state index contributed by atoms with van der Waals surface area (Å²) in [4.78, 5) is 0. The molecule has 0 spiro atoms. The van der Waals surface area contributed by atoms with Crippen LogP contribution in [-0.4, -0.2) is 64.3 Å². The lowest BCUT2D eigenvalue weighted by Gasteiger charge is -2.39. The van der Waals surface area contributed by atoms with Crippen molar-refractivity contribution in [3.63, 3.8) is 0 Å². The summed E-state index contributed by atoms with van der Waals surface area (Å²) in [5.41, 5.74) is 0. The fourth-order valence-corrected chi connectivity index (χ4v) is 2.46. The number of rotatable bonds is 10. The normalized spacial score (nSPS) is 33.3. The van der Waals surface area contributed by atoms with E-state index >= 15 is 0 Å². The summed E-state index contributed by atoms with van der Waals surface area (Å²) in [6.07, 6.45) is 2.20. The Labute approximate surface area is 126 Å². The molecule has 1 saturated heterocycles. The quantitative estimate of drug-likeness (QED) is 0.440. The van der Waals surface area contributed by atoms with Gasteiger partial charge in [-0.1, -0.05) is 45.4 Å². The molecule has 4 N–H and O–H groups in total. The van der Waals surface area contributed by atoms with Gasteiger partial charge in [0.1, 0.15) is 24.4 Å². The second kappa shape index (κ2) is 10.5. The molecular weight excluding hydrogens is 276 g/mol. The molecule has 0 aromatic rings. The Bertz CT molecular complexity index is 261. The zero-order valence-electron chi connectivity index (χ0n) is 12.9. The molecule has 1 heterocycles. The van der Waals surface area contributed by atoms with Gasteiger partial charge in [-0.2, -0.15) is 0 Å². The first kappa shape index (κ1) is 18.8. The first-order valence-corrected chi connectivity index (χ1v) is 8.04. The van der Waals surface area contributed by atoms with E-state index in [1.54, 1.807) is 0 Å². The first-order chi connectivity index (χ1) is 10.1. The minimum Gasteiger partial charge on any atom is -0.394 e. The van der Waals surface area contributed by atoms with Gasteiger partial charge in [-0.15, -0.1) is 0 Å². The second-order valence-electron chi connectivity index (χ2n) is 5.69. The van der Waals surface area contributed by atoms with Crippen LogP contribution < -0.4 is 0 Å². The molecule has 0 aliphatic carbocycles. The van der Waals surface area contributed by atoms with Crippen LogP contribution >= 0.6 is 0 Å². The van der Waals surface area contributed by atoms with Crippen molar-refractivity contribution in [2.24, 2.45) is 0 Å². The molecule has 0 unspecified atom stereocenters. The van der Waals surface area contributed by atoms with Crippen LogP contribution in [0.3, 0.4) is 0 Å². The topological polar surface area (TPSA) is 99.4 Å². The molecule has 6 heteroatoms. The Balaban J connectivity index is 2.16. The highest BCUT2D eigenvalue weighted by Gasteiger charge is 2.43. The summed E-state index contributed by atoms with van der Waals surface area (Å²) >= 11 is 0. The van der Waals surface area contributed by atoms with E-state index in [4.69, 9.17) is 14.6 Å². The van der Waals surface area contributed by atoms with Gasteiger partial charge in [0, 0.05) is 6.61 Å². The molecule has 5 atom stereocenters.